The molecule has 2 heterocycles. The minimum atomic E-state index is -0.213. The molecule has 2 aromatic heterocycles. The Morgan fingerprint density at radius 1 is 1.30 bits per heavy atom. The molecule has 0 atom stereocenters. The van der Waals surface area contributed by atoms with Gasteiger partial charge in [0.1, 0.15) is 5.82 Å². The van der Waals surface area contributed by atoms with Crippen LogP contribution in [0.25, 0.3) is 0 Å². The van der Waals surface area contributed by atoms with E-state index < -0.39 is 0 Å². The Labute approximate surface area is 118 Å². The van der Waals surface area contributed by atoms with E-state index in [0.717, 1.165) is 24.3 Å². The van der Waals surface area contributed by atoms with E-state index in [-0.39, 0.29) is 5.91 Å². The first-order valence-corrected chi connectivity index (χ1v) is 6.63. The Morgan fingerprint density at radius 3 is 2.90 bits per heavy atom. The van der Waals surface area contributed by atoms with E-state index in [1.807, 2.05) is 19.1 Å². The number of pyridine rings is 2. The average Bonchev–Trinajstić information content (AvgIpc) is 2.45. The molecule has 0 aliphatic rings. The van der Waals surface area contributed by atoms with Crippen LogP contribution in [0.2, 0.25) is 0 Å². The summed E-state index contributed by atoms with van der Waals surface area (Å²) in [6.07, 6.45) is 4.21. The van der Waals surface area contributed by atoms with Crippen LogP contribution >= 0.6 is 0 Å². The lowest BCUT2D eigenvalue weighted by atomic mass is 10.2. The Kier molecular flexibility index (Phi) is 4.65. The predicted octanol–water partition coefficient (Wildman–Crippen LogP) is 2.86. The van der Waals surface area contributed by atoms with E-state index in [9.17, 15) is 4.79 Å². The van der Waals surface area contributed by atoms with E-state index in [1.165, 1.54) is 0 Å². The number of rotatable bonds is 5. The molecular formula is C15H18N4O. The highest BCUT2D eigenvalue weighted by Crippen LogP contribution is 2.15. The summed E-state index contributed by atoms with van der Waals surface area (Å²) in [5.41, 5.74) is 2.16. The first-order chi connectivity index (χ1) is 9.70. The van der Waals surface area contributed by atoms with Crippen molar-refractivity contribution in [3.05, 3.63) is 47.9 Å². The van der Waals surface area contributed by atoms with E-state index in [1.54, 1.807) is 24.5 Å². The molecule has 0 saturated heterocycles. The van der Waals surface area contributed by atoms with Gasteiger partial charge in [-0.05, 0) is 31.5 Å². The average molecular weight is 270 g/mol. The maximum Gasteiger partial charge on any atom is 0.260 e. The van der Waals surface area contributed by atoms with Crippen molar-refractivity contribution in [1.29, 1.82) is 0 Å². The van der Waals surface area contributed by atoms with Crippen molar-refractivity contribution in [3.63, 3.8) is 0 Å². The van der Waals surface area contributed by atoms with Crippen LogP contribution in [0.3, 0.4) is 0 Å². The van der Waals surface area contributed by atoms with Crippen molar-refractivity contribution >= 4 is 17.4 Å². The highest BCUT2D eigenvalue weighted by atomic mass is 16.1. The monoisotopic (exact) mass is 270 g/mol. The summed E-state index contributed by atoms with van der Waals surface area (Å²) in [7, 11) is 0. The molecule has 0 saturated carbocycles. The molecule has 0 aliphatic carbocycles. The zero-order valence-electron chi connectivity index (χ0n) is 11.7. The lowest BCUT2D eigenvalue weighted by Crippen LogP contribution is -2.16. The van der Waals surface area contributed by atoms with Gasteiger partial charge in [0.15, 0.2) is 0 Å². The van der Waals surface area contributed by atoms with Gasteiger partial charge in [-0.2, -0.15) is 0 Å². The zero-order valence-corrected chi connectivity index (χ0v) is 11.7. The smallest absolute Gasteiger partial charge is 0.260 e. The Balaban J connectivity index is 2.16. The van der Waals surface area contributed by atoms with Crippen molar-refractivity contribution in [2.75, 3.05) is 17.2 Å². The van der Waals surface area contributed by atoms with Crippen LogP contribution in [-0.2, 0) is 0 Å². The second-order valence-electron chi connectivity index (χ2n) is 4.47. The number of carbonyl (C=O) groups excluding carboxylic acids is 1. The van der Waals surface area contributed by atoms with Gasteiger partial charge in [-0.1, -0.05) is 13.0 Å². The van der Waals surface area contributed by atoms with Crippen molar-refractivity contribution in [2.45, 2.75) is 20.3 Å². The Bertz CT molecular complexity index is 598. The molecule has 1 amide bonds. The lowest BCUT2D eigenvalue weighted by Gasteiger charge is -2.11. The first-order valence-electron chi connectivity index (χ1n) is 6.63. The second-order valence-corrected chi connectivity index (χ2v) is 4.47. The fraction of sp³-hybridized carbons (Fsp3) is 0.267. The number of hydrogen-bond acceptors (Lipinski definition) is 4. The van der Waals surface area contributed by atoms with Gasteiger partial charge >= 0.3 is 0 Å². The molecule has 0 aromatic carbocycles. The van der Waals surface area contributed by atoms with E-state index in [0.29, 0.717) is 11.4 Å². The third kappa shape index (κ3) is 3.54. The van der Waals surface area contributed by atoms with Crippen LogP contribution in [0.4, 0.5) is 11.5 Å². The van der Waals surface area contributed by atoms with E-state index in [2.05, 4.69) is 27.5 Å². The van der Waals surface area contributed by atoms with Crippen LogP contribution in [0.1, 0.15) is 29.4 Å². The number of amides is 1. The summed E-state index contributed by atoms with van der Waals surface area (Å²) in [5.74, 6) is 0.329. The molecule has 0 spiro atoms. The zero-order chi connectivity index (χ0) is 14.4. The minimum absolute atomic E-state index is 0.213. The molecule has 2 rings (SSSR count). The Morgan fingerprint density at radius 2 is 2.15 bits per heavy atom. The van der Waals surface area contributed by atoms with Gasteiger partial charge in [-0.3, -0.25) is 9.78 Å². The van der Waals surface area contributed by atoms with Gasteiger partial charge < -0.3 is 10.6 Å². The highest BCUT2D eigenvalue weighted by molar-refractivity contribution is 6.07. The maximum atomic E-state index is 12.3. The number of hydrogen-bond donors (Lipinski definition) is 2. The largest absolute Gasteiger partial charge is 0.384 e. The van der Waals surface area contributed by atoms with Gasteiger partial charge in [-0.15, -0.1) is 0 Å². The van der Waals surface area contributed by atoms with E-state index >= 15 is 0 Å². The molecule has 2 aromatic rings. The summed E-state index contributed by atoms with van der Waals surface area (Å²) in [6, 6.07) is 7.31. The standard InChI is InChI=1S/C15H18N4O/c1-3-8-17-13-7-9-16-10-12(13)15(20)19-14-6-4-5-11(2)18-14/h4-7,9-10H,3,8H2,1-2H3,(H,16,17)(H,18,19,20). The summed E-state index contributed by atoms with van der Waals surface area (Å²) in [5, 5.41) is 6.01. The summed E-state index contributed by atoms with van der Waals surface area (Å²) < 4.78 is 0. The van der Waals surface area contributed by atoms with Crippen molar-refractivity contribution in [1.82, 2.24) is 9.97 Å². The lowest BCUT2D eigenvalue weighted by molar-refractivity contribution is 0.102. The maximum absolute atomic E-state index is 12.3. The first kappa shape index (κ1) is 14.0. The van der Waals surface area contributed by atoms with Gasteiger partial charge in [0.25, 0.3) is 5.91 Å². The fourth-order valence-corrected chi connectivity index (χ4v) is 1.79. The van der Waals surface area contributed by atoms with Crippen LogP contribution in [-0.4, -0.2) is 22.4 Å². The predicted molar refractivity (Wildman–Crippen MR) is 79.9 cm³/mol. The highest BCUT2D eigenvalue weighted by Gasteiger charge is 2.12. The number of carbonyl (C=O) groups is 1. The Hall–Kier alpha value is -2.43. The molecule has 5 nitrogen and oxygen atoms in total. The van der Waals surface area contributed by atoms with Crippen molar-refractivity contribution in [3.8, 4) is 0 Å². The molecule has 0 radical (unpaired) electrons. The van der Waals surface area contributed by atoms with Gasteiger partial charge in [-0.25, -0.2) is 4.98 Å². The van der Waals surface area contributed by atoms with Crippen LogP contribution in [0, 0.1) is 6.92 Å². The topological polar surface area (TPSA) is 66.9 Å². The molecule has 0 unspecified atom stereocenters. The number of nitrogens with zero attached hydrogens (tertiary/aromatic N) is 2. The molecule has 0 aliphatic heterocycles. The number of nitrogens with one attached hydrogen (secondary N) is 2. The van der Waals surface area contributed by atoms with Crippen LogP contribution in [0.15, 0.2) is 36.7 Å². The van der Waals surface area contributed by atoms with E-state index in [4.69, 9.17) is 0 Å². The molecule has 20 heavy (non-hydrogen) atoms. The normalized spacial score (nSPS) is 10.1. The quantitative estimate of drug-likeness (QED) is 0.876. The SMILES string of the molecule is CCCNc1ccncc1C(=O)Nc1cccc(C)n1. The number of aryl methyl sites for hydroxylation is 1. The van der Waals surface area contributed by atoms with Crippen molar-refractivity contribution in [2.24, 2.45) is 0 Å². The van der Waals surface area contributed by atoms with Gasteiger partial charge in [0.05, 0.1) is 11.3 Å². The second kappa shape index (κ2) is 6.65. The molecule has 2 N–H and O–H groups in total. The number of aromatic nitrogens is 2. The van der Waals surface area contributed by atoms with Gasteiger partial charge in [0, 0.05) is 24.6 Å². The summed E-state index contributed by atoms with van der Waals surface area (Å²) in [4.78, 5) is 20.5. The van der Waals surface area contributed by atoms with Crippen LogP contribution < -0.4 is 10.6 Å². The third-order valence-corrected chi connectivity index (χ3v) is 2.76. The fourth-order valence-electron chi connectivity index (χ4n) is 1.79. The minimum Gasteiger partial charge on any atom is -0.384 e. The number of anilines is 2. The molecule has 0 bridgehead atoms. The van der Waals surface area contributed by atoms with Crippen LogP contribution in [0.5, 0.6) is 0 Å². The molecule has 5 heteroatoms. The molecule has 104 valence electrons. The summed E-state index contributed by atoms with van der Waals surface area (Å²) in [6.45, 7) is 4.77. The van der Waals surface area contributed by atoms with Crippen molar-refractivity contribution < 1.29 is 4.79 Å². The van der Waals surface area contributed by atoms with Gasteiger partial charge in [0.2, 0.25) is 0 Å². The summed E-state index contributed by atoms with van der Waals surface area (Å²) >= 11 is 0. The molecule has 0 fully saturated rings. The third-order valence-electron chi connectivity index (χ3n) is 2.76. The molecular weight excluding hydrogens is 252 g/mol.